The Balaban J connectivity index is 1.38. The average molecular weight is 412 g/mol. The Morgan fingerprint density at radius 2 is 1.90 bits per heavy atom. The minimum Gasteiger partial charge on any atom is -0.366 e. The molecule has 2 aromatic carbocycles. The molecular formula is C21H21FN4O2S. The van der Waals surface area contributed by atoms with Crippen LogP contribution in [0.4, 0.5) is 15.2 Å². The summed E-state index contributed by atoms with van der Waals surface area (Å²) in [5.41, 5.74) is 2.30. The van der Waals surface area contributed by atoms with Gasteiger partial charge in [0.25, 0.3) is 0 Å². The van der Waals surface area contributed by atoms with E-state index in [0.29, 0.717) is 43.4 Å². The lowest BCUT2D eigenvalue weighted by Crippen LogP contribution is -2.49. The van der Waals surface area contributed by atoms with Crippen LogP contribution in [0.3, 0.4) is 0 Å². The molecule has 0 aliphatic carbocycles. The first-order valence-electron chi connectivity index (χ1n) is 9.44. The van der Waals surface area contributed by atoms with Gasteiger partial charge in [-0.25, -0.2) is 9.37 Å². The molecule has 0 saturated carbocycles. The van der Waals surface area contributed by atoms with Crippen molar-refractivity contribution in [1.82, 2.24) is 9.88 Å². The SMILES string of the molecule is CC(=O)Nc1nc2ccc(CC(=O)N3CCN(c4ccccc4F)CC3)cc2s1. The number of piperazine rings is 1. The number of rotatable bonds is 4. The number of carbonyl (C=O) groups is 2. The number of benzene rings is 2. The van der Waals surface area contributed by atoms with Gasteiger partial charge in [0.15, 0.2) is 5.13 Å². The van der Waals surface area contributed by atoms with E-state index in [1.807, 2.05) is 34.1 Å². The summed E-state index contributed by atoms with van der Waals surface area (Å²) in [5, 5.41) is 3.25. The summed E-state index contributed by atoms with van der Waals surface area (Å²) >= 11 is 1.39. The maximum absolute atomic E-state index is 14.0. The third-order valence-electron chi connectivity index (χ3n) is 4.92. The number of anilines is 2. The van der Waals surface area contributed by atoms with Gasteiger partial charge in [0.05, 0.1) is 22.3 Å². The van der Waals surface area contributed by atoms with Crippen LogP contribution in [0.15, 0.2) is 42.5 Å². The van der Waals surface area contributed by atoms with E-state index >= 15 is 0 Å². The monoisotopic (exact) mass is 412 g/mol. The first kappa shape index (κ1) is 19.3. The molecule has 2 amide bonds. The second kappa shape index (κ2) is 8.16. The number of amides is 2. The molecule has 2 heterocycles. The topological polar surface area (TPSA) is 65.5 Å². The quantitative estimate of drug-likeness (QED) is 0.714. The Morgan fingerprint density at radius 1 is 1.14 bits per heavy atom. The normalized spacial score (nSPS) is 14.3. The van der Waals surface area contributed by atoms with Crippen LogP contribution in [0, 0.1) is 5.82 Å². The van der Waals surface area contributed by atoms with E-state index in [0.717, 1.165) is 15.8 Å². The molecule has 1 aromatic heterocycles. The highest BCUT2D eigenvalue weighted by atomic mass is 32.1. The highest BCUT2D eigenvalue weighted by molar-refractivity contribution is 7.22. The fourth-order valence-corrected chi connectivity index (χ4v) is 4.45. The number of hydrogen-bond acceptors (Lipinski definition) is 5. The van der Waals surface area contributed by atoms with E-state index in [9.17, 15) is 14.0 Å². The van der Waals surface area contributed by atoms with E-state index < -0.39 is 0 Å². The lowest BCUT2D eigenvalue weighted by atomic mass is 10.1. The smallest absolute Gasteiger partial charge is 0.227 e. The van der Waals surface area contributed by atoms with E-state index in [1.165, 1.54) is 24.3 Å². The van der Waals surface area contributed by atoms with Crippen molar-refractivity contribution in [2.75, 3.05) is 36.4 Å². The molecule has 0 atom stereocenters. The Bertz CT molecular complexity index is 1060. The van der Waals surface area contributed by atoms with Gasteiger partial charge in [0.2, 0.25) is 11.8 Å². The van der Waals surface area contributed by atoms with Crippen molar-refractivity contribution < 1.29 is 14.0 Å². The van der Waals surface area contributed by atoms with Gasteiger partial charge in [-0.2, -0.15) is 0 Å². The molecule has 0 spiro atoms. The summed E-state index contributed by atoms with van der Waals surface area (Å²) in [6, 6.07) is 12.4. The molecule has 1 aliphatic heterocycles. The maximum atomic E-state index is 14.0. The van der Waals surface area contributed by atoms with Crippen molar-refractivity contribution in [1.29, 1.82) is 0 Å². The number of nitrogens with one attached hydrogen (secondary N) is 1. The number of aromatic nitrogens is 1. The Kier molecular flexibility index (Phi) is 5.44. The number of fused-ring (bicyclic) bond motifs is 1. The van der Waals surface area contributed by atoms with Gasteiger partial charge in [0.1, 0.15) is 5.82 Å². The lowest BCUT2D eigenvalue weighted by molar-refractivity contribution is -0.130. The van der Waals surface area contributed by atoms with Gasteiger partial charge in [-0.05, 0) is 29.8 Å². The minimum atomic E-state index is -0.233. The molecule has 0 bridgehead atoms. The van der Waals surface area contributed by atoms with Crippen LogP contribution in [0.5, 0.6) is 0 Å². The summed E-state index contributed by atoms with van der Waals surface area (Å²) in [4.78, 5) is 32.1. The third-order valence-corrected chi connectivity index (χ3v) is 5.85. The first-order chi connectivity index (χ1) is 14.0. The second-order valence-electron chi connectivity index (χ2n) is 7.00. The van der Waals surface area contributed by atoms with E-state index in [4.69, 9.17) is 0 Å². The van der Waals surface area contributed by atoms with Crippen molar-refractivity contribution in [3.8, 4) is 0 Å². The summed E-state index contributed by atoms with van der Waals surface area (Å²) in [7, 11) is 0. The van der Waals surface area contributed by atoms with Crippen LogP contribution in [0.2, 0.25) is 0 Å². The standard InChI is InChI=1S/C21H21FN4O2S/c1-14(27)23-21-24-17-7-6-15(12-19(17)29-21)13-20(28)26-10-8-25(9-11-26)18-5-3-2-4-16(18)22/h2-7,12H,8-11,13H2,1H3,(H,23,24,27). The first-order valence-corrected chi connectivity index (χ1v) is 10.3. The lowest BCUT2D eigenvalue weighted by Gasteiger charge is -2.36. The Labute approximate surface area is 172 Å². The van der Waals surface area contributed by atoms with E-state index in [1.54, 1.807) is 12.1 Å². The molecule has 4 rings (SSSR count). The van der Waals surface area contributed by atoms with Crippen molar-refractivity contribution in [2.24, 2.45) is 0 Å². The molecule has 1 aliphatic rings. The number of halogens is 1. The van der Waals surface area contributed by atoms with Crippen LogP contribution in [-0.2, 0) is 16.0 Å². The second-order valence-corrected chi connectivity index (χ2v) is 8.03. The molecule has 0 unspecified atom stereocenters. The molecule has 6 nitrogen and oxygen atoms in total. The van der Waals surface area contributed by atoms with Gasteiger partial charge in [-0.3, -0.25) is 9.59 Å². The van der Waals surface area contributed by atoms with Gasteiger partial charge < -0.3 is 15.1 Å². The van der Waals surface area contributed by atoms with Gasteiger partial charge in [0, 0.05) is 33.1 Å². The summed E-state index contributed by atoms with van der Waals surface area (Å²) < 4.78 is 14.9. The van der Waals surface area contributed by atoms with E-state index in [2.05, 4.69) is 10.3 Å². The summed E-state index contributed by atoms with van der Waals surface area (Å²) in [6.45, 7) is 3.81. The van der Waals surface area contributed by atoms with Crippen LogP contribution in [-0.4, -0.2) is 47.9 Å². The summed E-state index contributed by atoms with van der Waals surface area (Å²) in [6.07, 6.45) is 0.309. The predicted octanol–water partition coefficient (Wildman–Crippen LogP) is 3.29. The molecule has 8 heteroatoms. The van der Waals surface area contributed by atoms with Crippen LogP contribution in [0.1, 0.15) is 12.5 Å². The maximum Gasteiger partial charge on any atom is 0.227 e. The molecule has 0 radical (unpaired) electrons. The van der Waals surface area contributed by atoms with Crippen molar-refractivity contribution >= 4 is 44.2 Å². The number of carbonyl (C=O) groups excluding carboxylic acids is 2. The minimum absolute atomic E-state index is 0.0594. The van der Waals surface area contributed by atoms with Crippen molar-refractivity contribution in [2.45, 2.75) is 13.3 Å². The molecule has 1 saturated heterocycles. The highest BCUT2D eigenvalue weighted by Gasteiger charge is 2.23. The fourth-order valence-electron chi connectivity index (χ4n) is 3.47. The average Bonchev–Trinajstić information content (AvgIpc) is 3.09. The van der Waals surface area contributed by atoms with Gasteiger partial charge in [-0.15, -0.1) is 0 Å². The predicted molar refractivity (Wildman–Crippen MR) is 113 cm³/mol. The number of nitrogens with zero attached hydrogens (tertiary/aromatic N) is 3. The molecule has 1 fully saturated rings. The third kappa shape index (κ3) is 4.37. The summed E-state index contributed by atoms with van der Waals surface area (Å²) in [5.74, 6) is -0.332. The van der Waals surface area contributed by atoms with Crippen LogP contribution < -0.4 is 10.2 Å². The zero-order chi connectivity index (χ0) is 20.4. The van der Waals surface area contributed by atoms with E-state index in [-0.39, 0.29) is 17.6 Å². The molecule has 3 aromatic rings. The van der Waals surface area contributed by atoms with Crippen LogP contribution in [0.25, 0.3) is 10.2 Å². The zero-order valence-corrected chi connectivity index (χ0v) is 16.8. The molecule has 29 heavy (non-hydrogen) atoms. The van der Waals surface area contributed by atoms with Crippen molar-refractivity contribution in [3.05, 3.63) is 53.8 Å². The van der Waals surface area contributed by atoms with Crippen LogP contribution >= 0.6 is 11.3 Å². The largest absolute Gasteiger partial charge is 0.366 e. The fraction of sp³-hybridized carbons (Fsp3) is 0.286. The van der Waals surface area contributed by atoms with Gasteiger partial charge >= 0.3 is 0 Å². The van der Waals surface area contributed by atoms with Crippen molar-refractivity contribution in [3.63, 3.8) is 0 Å². The highest BCUT2D eigenvalue weighted by Crippen LogP contribution is 2.27. The molecule has 1 N–H and O–H groups in total. The zero-order valence-electron chi connectivity index (χ0n) is 16.0. The Morgan fingerprint density at radius 3 is 2.62 bits per heavy atom. The Hall–Kier alpha value is -3.00. The number of para-hydroxylation sites is 1. The number of thiazole rings is 1. The molecule has 150 valence electrons. The van der Waals surface area contributed by atoms with Gasteiger partial charge in [-0.1, -0.05) is 29.5 Å². The number of hydrogen-bond donors (Lipinski definition) is 1. The molecular weight excluding hydrogens is 391 g/mol.